The Morgan fingerprint density at radius 3 is 2.43 bits per heavy atom. The molecule has 21 heavy (non-hydrogen) atoms. The molecule has 1 N–H and O–H groups in total. The highest BCUT2D eigenvalue weighted by atomic mass is 35.5. The molecule has 0 fully saturated rings. The van der Waals surface area contributed by atoms with Gasteiger partial charge in [0.15, 0.2) is 0 Å². The van der Waals surface area contributed by atoms with Gasteiger partial charge in [0.05, 0.1) is 5.69 Å². The van der Waals surface area contributed by atoms with Gasteiger partial charge in [-0.25, -0.2) is 9.97 Å². The predicted molar refractivity (Wildman–Crippen MR) is 92.1 cm³/mol. The molecule has 1 unspecified atom stereocenters. The summed E-state index contributed by atoms with van der Waals surface area (Å²) in [6, 6.07) is 0.452. The average molecular weight is 312 g/mol. The second kappa shape index (κ2) is 10.8. The number of nitrogens with zero attached hydrogens (tertiary/aromatic N) is 2. The van der Waals surface area contributed by atoms with Gasteiger partial charge in [0, 0.05) is 6.04 Å². The van der Waals surface area contributed by atoms with E-state index in [9.17, 15) is 0 Å². The van der Waals surface area contributed by atoms with E-state index in [1.165, 1.54) is 44.9 Å². The third kappa shape index (κ3) is 6.64. The van der Waals surface area contributed by atoms with Crippen LogP contribution in [-0.4, -0.2) is 16.0 Å². The molecule has 0 bridgehead atoms. The van der Waals surface area contributed by atoms with Crippen molar-refractivity contribution in [3.8, 4) is 0 Å². The van der Waals surface area contributed by atoms with E-state index >= 15 is 0 Å². The van der Waals surface area contributed by atoms with Crippen molar-refractivity contribution in [3.05, 3.63) is 17.0 Å². The number of anilines is 1. The maximum Gasteiger partial charge on any atom is 0.148 e. The number of hydrogen-bond donors (Lipinski definition) is 1. The van der Waals surface area contributed by atoms with E-state index in [4.69, 9.17) is 11.6 Å². The normalized spacial score (nSPS) is 12.4. The number of rotatable bonds is 11. The number of unbranched alkanes of at least 4 members (excludes halogenated alkanes) is 5. The van der Waals surface area contributed by atoms with Crippen LogP contribution >= 0.6 is 11.6 Å². The first-order valence-corrected chi connectivity index (χ1v) is 8.86. The zero-order valence-electron chi connectivity index (χ0n) is 13.8. The van der Waals surface area contributed by atoms with Crippen LogP contribution in [-0.2, 0) is 6.42 Å². The van der Waals surface area contributed by atoms with Gasteiger partial charge in [0.25, 0.3) is 0 Å². The fourth-order valence-corrected chi connectivity index (χ4v) is 2.78. The van der Waals surface area contributed by atoms with Gasteiger partial charge in [-0.15, -0.1) is 0 Å². The third-order valence-corrected chi connectivity index (χ3v) is 4.33. The van der Waals surface area contributed by atoms with Crippen LogP contribution < -0.4 is 5.32 Å². The number of aromatic nitrogens is 2. The molecule has 0 amide bonds. The highest BCUT2D eigenvalue weighted by molar-refractivity contribution is 6.33. The van der Waals surface area contributed by atoms with E-state index in [-0.39, 0.29) is 0 Å². The Bertz CT molecular complexity index is 396. The van der Waals surface area contributed by atoms with E-state index in [2.05, 4.69) is 36.1 Å². The van der Waals surface area contributed by atoms with E-state index in [1.54, 1.807) is 6.33 Å². The van der Waals surface area contributed by atoms with Crippen LogP contribution in [0.3, 0.4) is 0 Å². The van der Waals surface area contributed by atoms with Crippen molar-refractivity contribution in [2.45, 2.75) is 84.6 Å². The molecule has 1 aromatic rings. The van der Waals surface area contributed by atoms with Crippen LogP contribution in [0.1, 0.15) is 77.8 Å². The molecule has 0 aromatic carbocycles. The molecule has 120 valence electrons. The van der Waals surface area contributed by atoms with Gasteiger partial charge in [0.2, 0.25) is 0 Å². The summed E-state index contributed by atoms with van der Waals surface area (Å²) >= 11 is 6.34. The van der Waals surface area contributed by atoms with E-state index < -0.39 is 0 Å². The van der Waals surface area contributed by atoms with Crippen LogP contribution in [0, 0.1) is 0 Å². The number of halogens is 1. The minimum atomic E-state index is 0.452. The van der Waals surface area contributed by atoms with Gasteiger partial charge in [0.1, 0.15) is 17.2 Å². The predicted octanol–water partition coefficient (Wildman–Crippen LogP) is 5.63. The molecule has 0 spiro atoms. The Kier molecular flexibility index (Phi) is 9.40. The van der Waals surface area contributed by atoms with Crippen LogP contribution in [0.25, 0.3) is 0 Å². The van der Waals surface area contributed by atoms with E-state index in [0.29, 0.717) is 11.1 Å². The lowest BCUT2D eigenvalue weighted by atomic mass is 10.0. The zero-order valence-corrected chi connectivity index (χ0v) is 14.5. The Labute approximate surface area is 134 Å². The fourth-order valence-electron chi connectivity index (χ4n) is 2.50. The van der Waals surface area contributed by atoms with Gasteiger partial charge in [-0.1, -0.05) is 70.9 Å². The lowest BCUT2D eigenvalue weighted by Gasteiger charge is -2.18. The summed E-state index contributed by atoms with van der Waals surface area (Å²) in [4.78, 5) is 8.50. The van der Waals surface area contributed by atoms with E-state index in [0.717, 1.165) is 24.4 Å². The smallest absolute Gasteiger partial charge is 0.148 e. The zero-order chi connectivity index (χ0) is 15.5. The van der Waals surface area contributed by atoms with Crippen molar-refractivity contribution in [2.75, 3.05) is 5.32 Å². The van der Waals surface area contributed by atoms with Crippen LogP contribution in [0.5, 0.6) is 0 Å². The molecule has 4 heteroatoms. The Hall–Kier alpha value is -0.830. The molecule has 1 heterocycles. The van der Waals surface area contributed by atoms with Crippen LogP contribution in [0.4, 0.5) is 5.82 Å². The van der Waals surface area contributed by atoms with Crippen LogP contribution in [0.15, 0.2) is 6.33 Å². The summed E-state index contributed by atoms with van der Waals surface area (Å²) in [7, 11) is 0. The topological polar surface area (TPSA) is 37.8 Å². The molecule has 1 atom stereocenters. The minimum Gasteiger partial charge on any atom is -0.366 e. The highest BCUT2D eigenvalue weighted by Gasteiger charge is 2.12. The molecule has 1 aromatic heterocycles. The molecule has 0 saturated carbocycles. The fraction of sp³-hybridized carbons (Fsp3) is 0.765. The first-order chi connectivity index (χ1) is 10.2. The third-order valence-electron chi connectivity index (χ3n) is 3.94. The Morgan fingerprint density at radius 1 is 1.05 bits per heavy atom. The van der Waals surface area contributed by atoms with Gasteiger partial charge < -0.3 is 5.32 Å². The first kappa shape index (κ1) is 18.2. The second-order valence-corrected chi connectivity index (χ2v) is 6.02. The molecule has 0 radical (unpaired) electrons. The molecule has 0 aliphatic heterocycles. The SMILES string of the molecule is CCCCCCCCC(CC)Nc1ncnc(CC)c1Cl. The average Bonchev–Trinajstić information content (AvgIpc) is 2.51. The second-order valence-electron chi connectivity index (χ2n) is 5.64. The van der Waals surface area contributed by atoms with Gasteiger partial charge in [-0.05, 0) is 19.3 Å². The molecule has 3 nitrogen and oxygen atoms in total. The lowest BCUT2D eigenvalue weighted by molar-refractivity contribution is 0.543. The Morgan fingerprint density at radius 2 is 1.76 bits per heavy atom. The maximum absolute atomic E-state index is 6.34. The molecule has 1 rings (SSSR count). The first-order valence-electron chi connectivity index (χ1n) is 8.48. The number of aryl methyl sites for hydroxylation is 1. The van der Waals surface area contributed by atoms with E-state index in [1.807, 2.05) is 0 Å². The number of hydrogen-bond acceptors (Lipinski definition) is 3. The maximum atomic E-state index is 6.34. The monoisotopic (exact) mass is 311 g/mol. The van der Waals surface area contributed by atoms with Crippen molar-refractivity contribution >= 4 is 17.4 Å². The Balaban J connectivity index is 2.40. The summed E-state index contributed by atoms with van der Waals surface area (Å²) in [6.45, 7) is 6.53. The summed E-state index contributed by atoms with van der Waals surface area (Å²) in [6.07, 6.45) is 12.7. The minimum absolute atomic E-state index is 0.452. The summed E-state index contributed by atoms with van der Waals surface area (Å²) in [5.74, 6) is 0.793. The van der Waals surface area contributed by atoms with Crippen LogP contribution in [0.2, 0.25) is 5.02 Å². The standard InChI is InChI=1S/C17H30ClN3/c1-4-7-8-9-10-11-12-14(5-2)21-17-16(18)15(6-3)19-13-20-17/h13-14H,4-12H2,1-3H3,(H,19,20,21). The summed E-state index contributed by atoms with van der Waals surface area (Å²) < 4.78 is 0. The van der Waals surface area contributed by atoms with Crippen molar-refractivity contribution < 1.29 is 0 Å². The van der Waals surface area contributed by atoms with Crippen molar-refractivity contribution in [3.63, 3.8) is 0 Å². The lowest BCUT2D eigenvalue weighted by Crippen LogP contribution is -2.19. The van der Waals surface area contributed by atoms with Crippen molar-refractivity contribution in [1.82, 2.24) is 9.97 Å². The van der Waals surface area contributed by atoms with Gasteiger partial charge in [-0.3, -0.25) is 0 Å². The molecule has 0 aliphatic carbocycles. The van der Waals surface area contributed by atoms with Gasteiger partial charge >= 0.3 is 0 Å². The molecular weight excluding hydrogens is 282 g/mol. The van der Waals surface area contributed by atoms with Crippen molar-refractivity contribution in [1.29, 1.82) is 0 Å². The molecular formula is C17H30ClN3. The largest absolute Gasteiger partial charge is 0.366 e. The van der Waals surface area contributed by atoms with Gasteiger partial charge in [-0.2, -0.15) is 0 Å². The van der Waals surface area contributed by atoms with Crippen molar-refractivity contribution in [2.24, 2.45) is 0 Å². The molecule has 0 saturated heterocycles. The quantitative estimate of drug-likeness (QED) is 0.538. The molecule has 0 aliphatic rings. The summed E-state index contributed by atoms with van der Waals surface area (Å²) in [5.41, 5.74) is 0.920. The number of nitrogens with one attached hydrogen (secondary N) is 1. The summed E-state index contributed by atoms with van der Waals surface area (Å²) in [5, 5.41) is 4.17. The highest BCUT2D eigenvalue weighted by Crippen LogP contribution is 2.24.